The minimum absolute atomic E-state index is 0.336. The summed E-state index contributed by atoms with van der Waals surface area (Å²) < 4.78 is 5.11. The molecule has 5 nitrogen and oxygen atoms in total. The number of aromatic nitrogens is 3. The van der Waals surface area contributed by atoms with Crippen LogP contribution in [0.1, 0.15) is 23.0 Å². The van der Waals surface area contributed by atoms with Gasteiger partial charge in [0.15, 0.2) is 5.69 Å². The summed E-state index contributed by atoms with van der Waals surface area (Å²) >= 11 is 0. The highest BCUT2D eigenvalue weighted by Gasteiger charge is 2.17. The van der Waals surface area contributed by atoms with E-state index in [0.717, 1.165) is 38.6 Å². The van der Waals surface area contributed by atoms with Gasteiger partial charge in [0.1, 0.15) is 0 Å². The number of fused-ring (bicyclic) bond motifs is 3. The first-order valence-electron chi connectivity index (χ1n) is 7.91. The molecule has 0 amide bonds. The lowest BCUT2D eigenvalue weighted by molar-refractivity contribution is 0.0519. The highest BCUT2D eigenvalue weighted by Crippen LogP contribution is 2.32. The number of nitrogens with zero attached hydrogens (tertiary/aromatic N) is 1. The Morgan fingerprint density at radius 3 is 2.88 bits per heavy atom. The second-order valence-corrected chi connectivity index (χ2v) is 5.71. The van der Waals surface area contributed by atoms with Gasteiger partial charge in [0.2, 0.25) is 0 Å². The molecule has 0 radical (unpaired) electrons. The van der Waals surface area contributed by atoms with Crippen LogP contribution < -0.4 is 0 Å². The minimum atomic E-state index is -0.383. The maximum absolute atomic E-state index is 12.1. The van der Waals surface area contributed by atoms with Crippen molar-refractivity contribution in [2.24, 2.45) is 0 Å². The number of carbonyl (C=O) groups is 1. The molecule has 24 heavy (non-hydrogen) atoms. The molecule has 0 saturated heterocycles. The number of esters is 1. The van der Waals surface area contributed by atoms with Crippen LogP contribution in [0.4, 0.5) is 0 Å². The molecule has 0 spiro atoms. The topological polar surface area (TPSA) is 70.8 Å². The summed E-state index contributed by atoms with van der Waals surface area (Å²) in [6.07, 6.45) is 3.60. The Bertz CT molecular complexity index is 1050. The van der Waals surface area contributed by atoms with E-state index in [4.69, 9.17) is 4.74 Å². The Labute approximate surface area is 138 Å². The van der Waals surface area contributed by atoms with E-state index in [9.17, 15) is 4.79 Å². The van der Waals surface area contributed by atoms with Crippen LogP contribution in [0.2, 0.25) is 0 Å². The number of aromatic amines is 2. The van der Waals surface area contributed by atoms with Crippen molar-refractivity contribution in [2.45, 2.75) is 13.8 Å². The first kappa shape index (κ1) is 14.5. The van der Waals surface area contributed by atoms with Crippen molar-refractivity contribution in [3.8, 4) is 11.3 Å². The van der Waals surface area contributed by atoms with Crippen LogP contribution in [0.5, 0.6) is 0 Å². The van der Waals surface area contributed by atoms with Crippen molar-refractivity contribution in [2.75, 3.05) is 6.61 Å². The molecule has 0 bridgehead atoms. The first-order chi connectivity index (χ1) is 11.7. The summed E-state index contributed by atoms with van der Waals surface area (Å²) in [4.78, 5) is 23.0. The number of aryl methyl sites for hydroxylation is 1. The minimum Gasteiger partial charge on any atom is -0.461 e. The number of H-pyrrole nitrogens is 2. The molecule has 0 unspecified atom stereocenters. The summed E-state index contributed by atoms with van der Waals surface area (Å²) in [5.41, 5.74) is 5.30. The van der Waals surface area contributed by atoms with Crippen molar-refractivity contribution >= 4 is 27.8 Å². The van der Waals surface area contributed by atoms with Crippen molar-refractivity contribution in [3.63, 3.8) is 0 Å². The Morgan fingerprint density at radius 1 is 1.25 bits per heavy atom. The third-order valence-electron chi connectivity index (χ3n) is 4.26. The molecule has 0 aliphatic rings. The molecular weight excluding hydrogens is 302 g/mol. The van der Waals surface area contributed by atoms with Gasteiger partial charge in [0.05, 0.1) is 18.3 Å². The fourth-order valence-corrected chi connectivity index (χ4v) is 3.14. The van der Waals surface area contributed by atoms with Gasteiger partial charge in [0.25, 0.3) is 0 Å². The number of benzene rings is 1. The second kappa shape index (κ2) is 5.53. The SMILES string of the molecule is CCOC(=O)c1ncc2[nH]c3ccc(-c4ccc[nH]4)cc3c2c1C. The van der Waals surface area contributed by atoms with Crippen molar-refractivity contribution in [3.05, 3.63) is 54.0 Å². The first-order valence-corrected chi connectivity index (χ1v) is 7.91. The highest BCUT2D eigenvalue weighted by molar-refractivity contribution is 6.11. The van der Waals surface area contributed by atoms with Gasteiger partial charge in [-0.05, 0) is 49.2 Å². The van der Waals surface area contributed by atoms with Crippen molar-refractivity contribution in [1.29, 1.82) is 0 Å². The van der Waals surface area contributed by atoms with E-state index >= 15 is 0 Å². The van der Waals surface area contributed by atoms with E-state index in [1.165, 1.54) is 0 Å². The van der Waals surface area contributed by atoms with Gasteiger partial charge >= 0.3 is 5.97 Å². The number of nitrogens with one attached hydrogen (secondary N) is 2. The highest BCUT2D eigenvalue weighted by atomic mass is 16.5. The zero-order valence-corrected chi connectivity index (χ0v) is 13.5. The molecule has 0 aliphatic carbocycles. The molecule has 120 valence electrons. The average Bonchev–Trinajstić information content (AvgIpc) is 3.22. The van der Waals surface area contributed by atoms with Crippen molar-refractivity contribution in [1.82, 2.24) is 15.0 Å². The smallest absolute Gasteiger partial charge is 0.357 e. The zero-order chi connectivity index (χ0) is 16.7. The molecule has 1 aromatic carbocycles. The zero-order valence-electron chi connectivity index (χ0n) is 13.5. The Morgan fingerprint density at radius 2 is 2.12 bits per heavy atom. The average molecular weight is 319 g/mol. The molecule has 4 aromatic rings. The monoisotopic (exact) mass is 319 g/mol. The summed E-state index contributed by atoms with van der Waals surface area (Å²) in [6.45, 7) is 4.04. The molecule has 0 saturated carbocycles. The Kier molecular flexibility index (Phi) is 3.34. The largest absolute Gasteiger partial charge is 0.461 e. The second-order valence-electron chi connectivity index (χ2n) is 5.71. The van der Waals surface area contributed by atoms with Gasteiger partial charge in [-0.15, -0.1) is 0 Å². The number of pyridine rings is 1. The molecule has 2 N–H and O–H groups in total. The van der Waals surface area contributed by atoms with Gasteiger partial charge < -0.3 is 14.7 Å². The fraction of sp³-hybridized carbons (Fsp3) is 0.158. The van der Waals surface area contributed by atoms with Crippen molar-refractivity contribution < 1.29 is 9.53 Å². The van der Waals surface area contributed by atoms with Crippen LogP contribution in [0.15, 0.2) is 42.7 Å². The van der Waals surface area contributed by atoms with Gasteiger partial charge in [-0.3, -0.25) is 0 Å². The molecule has 5 heteroatoms. The predicted octanol–water partition coefficient (Wildman–Crippen LogP) is 4.20. The van der Waals surface area contributed by atoms with Crippen LogP contribution in [0, 0.1) is 6.92 Å². The summed E-state index contributed by atoms with van der Waals surface area (Å²) in [5, 5.41) is 2.08. The molecule has 0 aliphatic heterocycles. The van der Waals surface area contributed by atoms with E-state index in [-0.39, 0.29) is 5.97 Å². The lowest BCUT2D eigenvalue weighted by Gasteiger charge is -2.06. The predicted molar refractivity (Wildman–Crippen MR) is 94.1 cm³/mol. The third kappa shape index (κ3) is 2.17. The molecule has 3 aromatic heterocycles. The lowest BCUT2D eigenvalue weighted by Crippen LogP contribution is -2.09. The van der Waals surface area contributed by atoms with Gasteiger partial charge in [-0.25, -0.2) is 9.78 Å². The van der Waals surface area contributed by atoms with E-state index in [2.05, 4.69) is 33.2 Å². The number of hydrogen-bond donors (Lipinski definition) is 2. The third-order valence-corrected chi connectivity index (χ3v) is 4.26. The lowest BCUT2D eigenvalue weighted by atomic mass is 10.0. The van der Waals surface area contributed by atoms with Gasteiger partial charge in [-0.1, -0.05) is 6.07 Å². The summed E-state index contributed by atoms with van der Waals surface area (Å²) in [5.74, 6) is -0.383. The van der Waals surface area contributed by atoms with Crippen LogP contribution >= 0.6 is 0 Å². The van der Waals surface area contributed by atoms with Gasteiger partial charge in [0, 0.05) is 28.2 Å². The Hall–Kier alpha value is -3.08. The maximum atomic E-state index is 12.1. The van der Waals surface area contributed by atoms with Crippen LogP contribution in [-0.2, 0) is 4.74 Å². The van der Waals surface area contributed by atoms with E-state index in [1.807, 2.05) is 25.3 Å². The van der Waals surface area contributed by atoms with E-state index < -0.39 is 0 Å². The molecular formula is C19H17N3O2. The normalized spacial score (nSPS) is 11.2. The van der Waals surface area contributed by atoms with E-state index in [1.54, 1.807) is 13.1 Å². The molecule has 0 atom stereocenters. The number of rotatable bonds is 3. The molecule has 3 heterocycles. The van der Waals surface area contributed by atoms with Crippen LogP contribution in [-0.4, -0.2) is 27.5 Å². The standard InChI is InChI=1S/C19H17N3O2/c1-3-24-19(23)18-11(2)17-13-9-12(14-5-4-8-20-14)6-7-15(13)22-16(17)10-21-18/h4-10,20,22H,3H2,1-2H3. The fourth-order valence-electron chi connectivity index (χ4n) is 3.14. The Balaban J connectivity index is 1.97. The number of carbonyl (C=O) groups excluding carboxylic acids is 1. The quantitative estimate of drug-likeness (QED) is 0.556. The summed E-state index contributed by atoms with van der Waals surface area (Å²) in [7, 11) is 0. The van der Waals surface area contributed by atoms with Gasteiger partial charge in [-0.2, -0.15) is 0 Å². The number of ether oxygens (including phenoxy) is 1. The molecule has 0 fully saturated rings. The van der Waals surface area contributed by atoms with Crippen LogP contribution in [0.25, 0.3) is 33.1 Å². The van der Waals surface area contributed by atoms with Crippen LogP contribution in [0.3, 0.4) is 0 Å². The number of hydrogen-bond acceptors (Lipinski definition) is 3. The molecule has 4 rings (SSSR count). The maximum Gasteiger partial charge on any atom is 0.357 e. The summed E-state index contributed by atoms with van der Waals surface area (Å²) in [6, 6.07) is 10.3. The van der Waals surface area contributed by atoms with E-state index in [0.29, 0.717) is 12.3 Å².